The molecule has 7 heteroatoms. The van der Waals surface area contributed by atoms with E-state index in [9.17, 15) is 9.59 Å². The van der Waals surface area contributed by atoms with Gasteiger partial charge in [0.25, 0.3) is 0 Å². The third-order valence-corrected chi connectivity index (χ3v) is 4.88. The van der Waals surface area contributed by atoms with Crippen LogP contribution >= 0.6 is 11.6 Å². The van der Waals surface area contributed by atoms with Gasteiger partial charge in [-0.1, -0.05) is 6.07 Å². The summed E-state index contributed by atoms with van der Waals surface area (Å²) in [5.41, 5.74) is 1.03. The van der Waals surface area contributed by atoms with Gasteiger partial charge in [0.05, 0.1) is 13.7 Å². The van der Waals surface area contributed by atoms with Crippen LogP contribution in [0.1, 0.15) is 38.2 Å². The fraction of sp³-hybridized carbons (Fsp3) is 0.600. The van der Waals surface area contributed by atoms with Crippen molar-refractivity contribution in [2.75, 3.05) is 32.7 Å². The average Bonchev–Trinajstić information content (AvgIpc) is 2.68. The standard InChI is InChI=1S/C20H29ClN2O4/c1-3-27-17-6-4-15(14-18(17)26-2)5-7-19(24)22-16-9-12-23(13-10-16)20(25)8-11-21/h4,6,14,16H,3,5,7-13H2,1-2H3,(H,22,24). The number of ether oxygens (including phenoxy) is 2. The van der Waals surface area contributed by atoms with Crippen LogP contribution in [0, 0.1) is 0 Å². The number of methoxy groups -OCH3 is 1. The van der Waals surface area contributed by atoms with Crippen molar-refractivity contribution in [2.24, 2.45) is 0 Å². The number of rotatable bonds is 9. The van der Waals surface area contributed by atoms with Crippen LogP contribution in [-0.4, -0.2) is 55.4 Å². The number of likely N-dealkylation sites (tertiary alicyclic amines) is 1. The molecule has 0 bridgehead atoms. The molecule has 0 atom stereocenters. The number of nitrogens with one attached hydrogen (secondary N) is 1. The Hall–Kier alpha value is -1.95. The van der Waals surface area contributed by atoms with Crippen LogP contribution < -0.4 is 14.8 Å². The maximum absolute atomic E-state index is 12.3. The first-order valence-electron chi connectivity index (χ1n) is 9.50. The molecule has 1 N–H and O–H groups in total. The maximum Gasteiger partial charge on any atom is 0.223 e. The number of piperidine rings is 1. The molecule has 0 spiro atoms. The lowest BCUT2D eigenvalue weighted by molar-refractivity contribution is -0.132. The van der Waals surface area contributed by atoms with E-state index in [2.05, 4.69) is 5.32 Å². The van der Waals surface area contributed by atoms with Crippen molar-refractivity contribution >= 4 is 23.4 Å². The van der Waals surface area contributed by atoms with E-state index >= 15 is 0 Å². The van der Waals surface area contributed by atoms with Gasteiger partial charge in [0.2, 0.25) is 11.8 Å². The van der Waals surface area contributed by atoms with Gasteiger partial charge < -0.3 is 19.7 Å². The SMILES string of the molecule is CCOc1ccc(CCC(=O)NC2CCN(C(=O)CCCl)CC2)cc1OC. The van der Waals surface area contributed by atoms with E-state index in [1.165, 1.54) is 0 Å². The van der Waals surface area contributed by atoms with E-state index in [0.29, 0.717) is 56.3 Å². The van der Waals surface area contributed by atoms with Gasteiger partial charge in [0, 0.05) is 37.9 Å². The summed E-state index contributed by atoms with van der Waals surface area (Å²) < 4.78 is 10.9. The van der Waals surface area contributed by atoms with E-state index in [0.717, 1.165) is 18.4 Å². The predicted octanol–water partition coefficient (Wildman–Crippen LogP) is 2.76. The third kappa shape index (κ3) is 6.61. The lowest BCUT2D eigenvalue weighted by atomic mass is 10.0. The molecule has 2 rings (SSSR count). The lowest BCUT2D eigenvalue weighted by Crippen LogP contribution is -2.46. The zero-order chi connectivity index (χ0) is 19.6. The molecule has 1 aromatic carbocycles. The van der Waals surface area contributed by atoms with Crippen molar-refractivity contribution in [1.29, 1.82) is 0 Å². The molecular formula is C20H29ClN2O4. The lowest BCUT2D eigenvalue weighted by Gasteiger charge is -2.32. The first-order chi connectivity index (χ1) is 13.1. The Kier molecular flexibility index (Phi) is 8.72. The Morgan fingerprint density at radius 3 is 2.59 bits per heavy atom. The Bertz CT molecular complexity index is 630. The number of nitrogens with zero attached hydrogens (tertiary/aromatic N) is 1. The molecular weight excluding hydrogens is 368 g/mol. The zero-order valence-electron chi connectivity index (χ0n) is 16.1. The van der Waals surface area contributed by atoms with Crippen LogP contribution in [0.4, 0.5) is 0 Å². The summed E-state index contributed by atoms with van der Waals surface area (Å²) in [6, 6.07) is 5.89. The van der Waals surface area contributed by atoms with Crippen LogP contribution in [0.25, 0.3) is 0 Å². The van der Waals surface area contributed by atoms with Gasteiger partial charge in [0.15, 0.2) is 11.5 Å². The Morgan fingerprint density at radius 1 is 1.22 bits per heavy atom. The molecule has 0 unspecified atom stereocenters. The number of hydrogen-bond acceptors (Lipinski definition) is 4. The highest BCUT2D eigenvalue weighted by molar-refractivity contribution is 6.18. The van der Waals surface area contributed by atoms with Gasteiger partial charge in [-0.2, -0.15) is 0 Å². The van der Waals surface area contributed by atoms with E-state index in [1.54, 1.807) is 7.11 Å². The molecule has 0 aliphatic carbocycles. The van der Waals surface area contributed by atoms with Crippen LogP contribution in [-0.2, 0) is 16.0 Å². The highest BCUT2D eigenvalue weighted by Crippen LogP contribution is 2.28. The molecule has 0 radical (unpaired) electrons. The number of amides is 2. The number of alkyl halides is 1. The summed E-state index contributed by atoms with van der Waals surface area (Å²) in [6.07, 6.45) is 3.02. The summed E-state index contributed by atoms with van der Waals surface area (Å²) >= 11 is 5.62. The first-order valence-corrected chi connectivity index (χ1v) is 10.0. The molecule has 2 amide bonds. The monoisotopic (exact) mass is 396 g/mol. The van der Waals surface area contributed by atoms with Crippen molar-refractivity contribution in [1.82, 2.24) is 10.2 Å². The molecule has 1 fully saturated rings. The number of carbonyl (C=O) groups excluding carboxylic acids is 2. The Labute approximate surface area is 166 Å². The second-order valence-electron chi connectivity index (χ2n) is 6.58. The summed E-state index contributed by atoms with van der Waals surface area (Å²) in [4.78, 5) is 25.9. The van der Waals surface area contributed by atoms with Gasteiger partial charge in [-0.3, -0.25) is 9.59 Å². The van der Waals surface area contributed by atoms with Gasteiger partial charge in [-0.05, 0) is 43.9 Å². The summed E-state index contributed by atoms with van der Waals surface area (Å²) in [7, 11) is 1.61. The predicted molar refractivity (Wildman–Crippen MR) is 106 cm³/mol. The minimum Gasteiger partial charge on any atom is -0.493 e. The van der Waals surface area contributed by atoms with Gasteiger partial charge in [-0.15, -0.1) is 11.6 Å². The molecule has 150 valence electrons. The highest BCUT2D eigenvalue weighted by atomic mass is 35.5. The van der Waals surface area contributed by atoms with Crippen molar-refractivity contribution in [3.63, 3.8) is 0 Å². The normalized spacial score (nSPS) is 14.7. The summed E-state index contributed by atoms with van der Waals surface area (Å²) in [6.45, 7) is 3.86. The van der Waals surface area contributed by atoms with E-state index in [1.807, 2.05) is 30.0 Å². The molecule has 0 aromatic heterocycles. The van der Waals surface area contributed by atoms with Crippen LogP contribution in [0.3, 0.4) is 0 Å². The average molecular weight is 397 g/mol. The second-order valence-corrected chi connectivity index (χ2v) is 6.96. The van der Waals surface area contributed by atoms with Crippen LogP contribution in [0.2, 0.25) is 0 Å². The van der Waals surface area contributed by atoms with Crippen LogP contribution in [0.5, 0.6) is 11.5 Å². The molecule has 1 saturated heterocycles. The van der Waals surface area contributed by atoms with Gasteiger partial charge >= 0.3 is 0 Å². The minimum absolute atomic E-state index is 0.0355. The number of benzene rings is 1. The molecule has 6 nitrogen and oxygen atoms in total. The van der Waals surface area contributed by atoms with E-state index in [-0.39, 0.29) is 17.9 Å². The molecule has 1 aliphatic heterocycles. The molecule has 27 heavy (non-hydrogen) atoms. The zero-order valence-corrected chi connectivity index (χ0v) is 16.9. The number of hydrogen-bond donors (Lipinski definition) is 1. The van der Waals surface area contributed by atoms with Gasteiger partial charge in [0.1, 0.15) is 0 Å². The Balaban J connectivity index is 1.76. The fourth-order valence-corrected chi connectivity index (χ4v) is 3.37. The Morgan fingerprint density at radius 2 is 1.96 bits per heavy atom. The minimum atomic E-state index is 0.0355. The van der Waals surface area contributed by atoms with Crippen LogP contribution in [0.15, 0.2) is 18.2 Å². The third-order valence-electron chi connectivity index (χ3n) is 4.69. The number of halogens is 1. The first kappa shape index (κ1) is 21.4. The maximum atomic E-state index is 12.3. The molecule has 1 aliphatic rings. The van der Waals surface area contributed by atoms with Crippen molar-refractivity contribution in [2.45, 2.75) is 45.1 Å². The smallest absolute Gasteiger partial charge is 0.223 e. The summed E-state index contributed by atoms with van der Waals surface area (Å²) in [5, 5.41) is 3.08. The molecule has 1 aromatic rings. The van der Waals surface area contributed by atoms with Crippen molar-refractivity contribution in [3.8, 4) is 11.5 Å². The fourth-order valence-electron chi connectivity index (χ4n) is 3.21. The largest absolute Gasteiger partial charge is 0.493 e. The van der Waals surface area contributed by atoms with E-state index in [4.69, 9.17) is 21.1 Å². The summed E-state index contributed by atoms with van der Waals surface area (Å²) in [5.74, 6) is 1.88. The highest BCUT2D eigenvalue weighted by Gasteiger charge is 2.23. The molecule has 1 heterocycles. The van der Waals surface area contributed by atoms with Crippen molar-refractivity contribution in [3.05, 3.63) is 23.8 Å². The number of aryl methyl sites for hydroxylation is 1. The second kappa shape index (κ2) is 11.0. The quantitative estimate of drug-likeness (QED) is 0.652. The topological polar surface area (TPSA) is 67.9 Å². The van der Waals surface area contributed by atoms with Gasteiger partial charge in [-0.25, -0.2) is 0 Å². The van der Waals surface area contributed by atoms with E-state index < -0.39 is 0 Å². The van der Waals surface area contributed by atoms with Crippen molar-refractivity contribution < 1.29 is 19.1 Å². The number of carbonyl (C=O) groups is 2. The molecule has 0 saturated carbocycles.